The molecule has 1 aromatic carbocycles. The molecule has 0 aliphatic carbocycles. The summed E-state index contributed by atoms with van der Waals surface area (Å²) in [5.41, 5.74) is 0.550. The van der Waals surface area contributed by atoms with E-state index in [4.69, 9.17) is 0 Å². The van der Waals surface area contributed by atoms with E-state index in [-0.39, 0.29) is 22.9 Å². The quantitative estimate of drug-likeness (QED) is 0.818. The van der Waals surface area contributed by atoms with E-state index in [0.29, 0.717) is 18.7 Å². The zero-order chi connectivity index (χ0) is 17.9. The number of hydrogen-bond donors (Lipinski definition) is 0. The van der Waals surface area contributed by atoms with Crippen molar-refractivity contribution < 1.29 is 13.2 Å². The van der Waals surface area contributed by atoms with E-state index in [1.54, 1.807) is 24.3 Å². The minimum Gasteiger partial charge on any atom is -0.333 e. The summed E-state index contributed by atoms with van der Waals surface area (Å²) in [6, 6.07) is 6.79. The van der Waals surface area contributed by atoms with Crippen LogP contribution in [0.1, 0.15) is 57.3 Å². The third kappa shape index (κ3) is 3.64. The molecular weight excluding hydrogens is 324 g/mol. The molecule has 1 saturated heterocycles. The van der Waals surface area contributed by atoms with Crippen LogP contribution in [0.25, 0.3) is 0 Å². The molecule has 1 aliphatic rings. The van der Waals surface area contributed by atoms with E-state index in [9.17, 15) is 13.2 Å². The molecule has 1 aliphatic heterocycles. The van der Waals surface area contributed by atoms with Crippen LogP contribution in [0, 0.1) is 0 Å². The van der Waals surface area contributed by atoms with Gasteiger partial charge in [-0.25, -0.2) is 8.42 Å². The topological polar surface area (TPSA) is 57.7 Å². The van der Waals surface area contributed by atoms with Gasteiger partial charge in [0.05, 0.1) is 4.90 Å². The molecule has 134 valence electrons. The van der Waals surface area contributed by atoms with Gasteiger partial charge in [0.2, 0.25) is 10.0 Å². The van der Waals surface area contributed by atoms with Gasteiger partial charge in [-0.05, 0) is 57.4 Å². The molecule has 0 aromatic heterocycles. The van der Waals surface area contributed by atoms with E-state index in [2.05, 4.69) is 13.8 Å². The van der Waals surface area contributed by atoms with Gasteiger partial charge in [0.15, 0.2) is 0 Å². The molecule has 0 saturated carbocycles. The standard InChI is InChI=1S/C18H28N2O3S/c1-5-19(6-2)24(22,23)17-12-10-16(11-13-17)18(21)20-14(3)8-7-9-15(20)4/h10-15H,5-9H2,1-4H3/t14-,15-/m1/s1. The highest BCUT2D eigenvalue weighted by atomic mass is 32.2. The lowest BCUT2D eigenvalue weighted by Gasteiger charge is -2.39. The fourth-order valence-electron chi connectivity index (χ4n) is 3.45. The number of piperidine rings is 1. The number of nitrogens with zero attached hydrogens (tertiary/aromatic N) is 2. The zero-order valence-electron chi connectivity index (χ0n) is 15.0. The van der Waals surface area contributed by atoms with Crippen molar-refractivity contribution in [2.24, 2.45) is 0 Å². The Morgan fingerprint density at radius 1 is 1.08 bits per heavy atom. The summed E-state index contributed by atoms with van der Waals surface area (Å²) in [6.07, 6.45) is 3.18. The molecule has 0 unspecified atom stereocenters. The monoisotopic (exact) mass is 352 g/mol. The number of hydrogen-bond acceptors (Lipinski definition) is 3. The average Bonchev–Trinajstić information content (AvgIpc) is 2.55. The summed E-state index contributed by atoms with van der Waals surface area (Å²) >= 11 is 0. The maximum atomic E-state index is 12.8. The maximum absolute atomic E-state index is 12.8. The van der Waals surface area contributed by atoms with Crippen LogP contribution >= 0.6 is 0 Å². The first kappa shape index (κ1) is 18.9. The summed E-state index contributed by atoms with van der Waals surface area (Å²) in [4.78, 5) is 15.0. The Morgan fingerprint density at radius 3 is 2.04 bits per heavy atom. The maximum Gasteiger partial charge on any atom is 0.254 e. The minimum absolute atomic E-state index is 0.0125. The molecule has 1 aromatic rings. The molecule has 5 nitrogen and oxygen atoms in total. The van der Waals surface area contributed by atoms with Crippen molar-refractivity contribution in [1.29, 1.82) is 0 Å². The third-order valence-corrected chi connectivity index (χ3v) is 6.94. The first-order valence-electron chi connectivity index (χ1n) is 8.75. The van der Waals surface area contributed by atoms with Gasteiger partial charge in [0.25, 0.3) is 5.91 Å². The predicted molar refractivity (Wildman–Crippen MR) is 95.5 cm³/mol. The fraction of sp³-hybridized carbons (Fsp3) is 0.611. The number of likely N-dealkylation sites (tertiary alicyclic amines) is 1. The molecule has 0 bridgehead atoms. The summed E-state index contributed by atoms with van der Waals surface area (Å²) in [5, 5.41) is 0. The second-order valence-corrected chi connectivity index (χ2v) is 8.39. The molecule has 6 heteroatoms. The lowest BCUT2D eigenvalue weighted by molar-refractivity contribution is 0.0510. The van der Waals surface area contributed by atoms with Gasteiger partial charge in [-0.3, -0.25) is 4.79 Å². The van der Waals surface area contributed by atoms with E-state index in [1.807, 2.05) is 18.7 Å². The SMILES string of the molecule is CCN(CC)S(=O)(=O)c1ccc(C(=O)N2[C@H](C)CCC[C@H]2C)cc1. The molecule has 2 atom stereocenters. The van der Waals surface area contributed by atoms with Crippen molar-refractivity contribution in [3.05, 3.63) is 29.8 Å². The molecule has 24 heavy (non-hydrogen) atoms. The van der Waals surface area contributed by atoms with Crippen molar-refractivity contribution >= 4 is 15.9 Å². The lowest BCUT2D eigenvalue weighted by atomic mass is 9.96. The molecule has 1 fully saturated rings. The molecule has 0 spiro atoms. The Hall–Kier alpha value is -1.40. The Morgan fingerprint density at radius 2 is 1.58 bits per heavy atom. The molecular formula is C18H28N2O3S. The number of amides is 1. The Labute approximate surface area is 145 Å². The summed E-state index contributed by atoms with van der Waals surface area (Å²) in [7, 11) is -3.48. The highest BCUT2D eigenvalue weighted by Gasteiger charge is 2.30. The normalized spacial score (nSPS) is 22.0. The van der Waals surface area contributed by atoms with Gasteiger partial charge in [-0.2, -0.15) is 4.31 Å². The van der Waals surface area contributed by atoms with Crippen LogP contribution in [-0.4, -0.2) is 48.7 Å². The van der Waals surface area contributed by atoms with Crippen LogP contribution in [0.2, 0.25) is 0 Å². The number of carbonyl (C=O) groups excluding carboxylic acids is 1. The van der Waals surface area contributed by atoms with Crippen LogP contribution in [0.15, 0.2) is 29.2 Å². The second kappa shape index (κ2) is 7.66. The largest absolute Gasteiger partial charge is 0.333 e. The molecule has 2 rings (SSSR count). The molecule has 1 amide bonds. The number of benzene rings is 1. The lowest BCUT2D eigenvalue weighted by Crippen LogP contribution is -2.47. The van der Waals surface area contributed by atoms with E-state index < -0.39 is 10.0 Å². The van der Waals surface area contributed by atoms with Gasteiger partial charge in [0, 0.05) is 30.7 Å². The smallest absolute Gasteiger partial charge is 0.254 e. The van der Waals surface area contributed by atoms with E-state index in [0.717, 1.165) is 19.3 Å². The van der Waals surface area contributed by atoms with Crippen molar-refractivity contribution in [3.63, 3.8) is 0 Å². The minimum atomic E-state index is -3.48. The summed E-state index contributed by atoms with van der Waals surface area (Å²) < 4.78 is 26.4. The highest BCUT2D eigenvalue weighted by molar-refractivity contribution is 7.89. The van der Waals surface area contributed by atoms with Gasteiger partial charge < -0.3 is 4.90 Å². The van der Waals surface area contributed by atoms with Crippen molar-refractivity contribution in [1.82, 2.24) is 9.21 Å². The van der Waals surface area contributed by atoms with Gasteiger partial charge >= 0.3 is 0 Å². The van der Waals surface area contributed by atoms with Gasteiger partial charge in [0.1, 0.15) is 0 Å². The fourth-order valence-corrected chi connectivity index (χ4v) is 4.91. The average molecular weight is 353 g/mol. The zero-order valence-corrected chi connectivity index (χ0v) is 15.8. The van der Waals surface area contributed by atoms with Crippen molar-refractivity contribution in [2.45, 2.75) is 63.9 Å². The van der Waals surface area contributed by atoms with Gasteiger partial charge in [-0.15, -0.1) is 0 Å². The Kier molecular flexibility index (Phi) is 6.04. The second-order valence-electron chi connectivity index (χ2n) is 6.46. The van der Waals surface area contributed by atoms with Crippen LogP contribution in [0.5, 0.6) is 0 Å². The molecule has 0 radical (unpaired) electrons. The van der Waals surface area contributed by atoms with Crippen molar-refractivity contribution in [3.8, 4) is 0 Å². The Bertz CT molecular complexity index is 656. The van der Waals surface area contributed by atoms with E-state index >= 15 is 0 Å². The molecule has 1 heterocycles. The summed E-state index contributed by atoms with van der Waals surface area (Å²) in [6.45, 7) is 8.65. The van der Waals surface area contributed by atoms with Gasteiger partial charge in [-0.1, -0.05) is 13.8 Å². The van der Waals surface area contributed by atoms with Crippen LogP contribution in [0.4, 0.5) is 0 Å². The first-order valence-corrected chi connectivity index (χ1v) is 10.2. The van der Waals surface area contributed by atoms with Crippen LogP contribution in [0.3, 0.4) is 0 Å². The molecule has 0 N–H and O–H groups in total. The summed E-state index contributed by atoms with van der Waals surface area (Å²) in [5.74, 6) is -0.0125. The number of carbonyl (C=O) groups is 1. The van der Waals surface area contributed by atoms with Crippen molar-refractivity contribution in [2.75, 3.05) is 13.1 Å². The van der Waals surface area contributed by atoms with E-state index in [1.165, 1.54) is 4.31 Å². The number of rotatable bonds is 5. The third-order valence-electron chi connectivity index (χ3n) is 4.87. The number of sulfonamides is 1. The highest BCUT2D eigenvalue weighted by Crippen LogP contribution is 2.25. The van der Waals surface area contributed by atoms with Crippen LogP contribution in [-0.2, 0) is 10.0 Å². The first-order chi connectivity index (χ1) is 11.3. The predicted octanol–water partition coefficient (Wildman–Crippen LogP) is 3.12. The van der Waals surface area contributed by atoms with Crippen LogP contribution < -0.4 is 0 Å². The Balaban J connectivity index is 2.24.